The van der Waals surface area contributed by atoms with Gasteiger partial charge in [-0.1, -0.05) is 18.5 Å². The Kier molecular flexibility index (Phi) is 4.19. The fraction of sp³-hybridized carbons (Fsp3) is 0.462. The fourth-order valence-corrected chi connectivity index (χ4v) is 2.15. The van der Waals surface area contributed by atoms with Gasteiger partial charge in [-0.3, -0.25) is 4.79 Å². The zero-order valence-corrected chi connectivity index (χ0v) is 10.9. The predicted octanol–water partition coefficient (Wildman–Crippen LogP) is 2.73. The van der Waals surface area contributed by atoms with Gasteiger partial charge < -0.3 is 9.64 Å². The zero-order valence-electron chi connectivity index (χ0n) is 10.2. The summed E-state index contributed by atoms with van der Waals surface area (Å²) in [7, 11) is 0. The molecule has 1 atom stereocenters. The quantitative estimate of drug-likeness (QED) is 0.828. The molecule has 1 aromatic rings. The van der Waals surface area contributed by atoms with Crippen LogP contribution in [-0.2, 0) is 4.74 Å². The molecule has 1 aliphatic rings. The van der Waals surface area contributed by atoms with Gasteiger partial charge in [-0.2, -0.15) is 0 Å². The molecule has 3 nitrogen and oxygen atoms in total. The maximum atomic E-state index is 13.6. The Morgan fingerprint density at radius 3 is 3.11 bits per heavy atom. The van der Waals surface area contributed by atoms with E-state index in [4.69, 9.17) is 16.3 Å². The van der Waals surface area contributed by atoms with Crippen LogP contribution in [0.5, 0.6) is 0 Å². The van der Waals surface area contributed by atoms with Crippen molar-refractivity contribution in [3.8, 4) is 0 Å². The number of hydrogen-bond acceptors (Lipinski definition) is 2. The zero-order chi connectivity index (χ0) is 13.1. The predicted molar refractivity (Wildman–Crippen MR) is 67.3 cm³/mol. The van der Waals surface area contributed by atoms with Crippen LogP contribution < -0.4 is 0 Å². The number of nitrogens with zero attached hydrogens (tertiary/aromatic N) is 1. The standard InChI is InChI=1S/C13H15ClFNO2/c1-2-10-8-16(5-6-18-10)13(17)11-7-9(14)3-4-12(11)15/h3-4,7,10H,2,5-6,8H2,1H3. The number of benzene rings is 1. The fourth-order valence-electron chi connectivity index (χ4n) is 1.98. The van der Waals surface area contributed by atoms with E-state index in [1.165, 1.54) is 18.2 Å². The number of carbonyl (C=O) groups is 1. The van der Waals surface area contributed by atoms with Gasteiger partial charge in [0.15, 0.2) is 0 Å². The van der Waals surface area contributed by atoms with Gasteiger partial charge in [0.05, 0.1) is 18.3 Å². The van der Waals surface area contributed by atoms with Crippen molar-refractivity contribution in [3.05, 3.63) is 34.6 Å². The second kappa shape index (κ2) is 5.67. The van der Waals surface area contributed by atoms with Crippen LogP contribution in [0.4, 0.5) is 4.39 Å². The van der Waals surface area contributed by atoms with Gasteiger partial charge in [-0.25, -0.2) is 4.39 Å². The molecule has 0 aliphatic carbocycles. The number of carbonyl (C=O) groups excluding carboxylic acids is 1. The second-order valence-electron chi connectivity index (χ2n) is 4.28. The summed E-state index contributed by atoms with van der Waals surface area (Å²) in [5.74, 6) is -0.860. The summed E-state index contributed by atoms with van der Waals surface area (Å²) in [6.45, 7) is 3.48. The largest absolute Gasteiger partial charge is 0.375 e. The van der Waals surface area contributed by atoms with Crippen LogP contribution in [0.1, 0.15) is 23.7 Å². The Bertz CT molecular complexity index is 453. The van der Waals surface area contributed by atoms with E-state index in [1.807, 2.05) is 6.92 Å². The first kappa shape index (κ1) is 13.3. The molecule has 0 N–H and O–H groups in total. The van der Waals surface area contributed by atoms with Crippen molar-refractivity contribution in [2.75, 3.05) is 19.7 Å². The average molecular weight is 272 g/mol. The molecular formula is C13H15ClFNO2. The van der Waals surface area contributed by atoms with Crippen molar-refractivity contribution >= 4 is 17.5 Å². The van der Waals surface area contributed by atoms with Crippen molar-refractivity contribution in [3.63, 3.8) is 0 Å². The highest BCUT2D eigenvalue weighted by Crippen LogP contribution is 2.18. The van der Waals surface area contributed by atoms with Gasteiger partial charge in [0, 0.05) is 18.1 Å². The molecule has 1 aromatic carbocycles. The molecule has 1 aliphatic heterocycles. The molecule has 1 heterocycles. The number of rotatable bonds is 2. The van der Waals surface area contributed by atoms with Crippen molar-refractivity contribution in [1.82, 2.24) is 4.90 Å². The van der Waals surface area contributed by atoms with E-state index in [0.29, 0.717) is 24.7 Å². The lowest BCUT2D eigenvalue weighted by atomic mass is 10.1. The van der Waals surface area contributed by atoms with Crippen LogP contribution in [0.15, 0.2) is 18.2 Å². The van der Waals surface area contributed by atoms with E-state index in [1.54, 1.807) is 4.90 Å². The normalized spacial score (nSPS) is 19.9. The van der Waals surface area contributed by atoms with Gasteiger partial charge in [0.25, 0.3) is 5.91 Å². The van der Waals surface area contributed by atoms with Gasteiger partial charge in [0.2, 0.25) is 0 Å². The summed E-state index contributed by atoms with van der Waals surface area (Å²) < 4.78 is 19.1. The first-order valence-corrected chi connectivity index (χ1v) is 6.35. The highest BCUT2D eigenvalue weighted by Gasteiger charge is 2.25. The van der Waals surface area contributed by atoms with E-state index in [0.717, 1.165) is 6.42 Å². The van der Waals surface area contributed by atoms with Crippen molar-refractivity contribution in [2.24, 2.45) is 0 Å². The van der Waals surface area contributed by atoms with Crippen LogP contribution in [0, 0.1) is 5.82 Å². The highest BCUT2D eigenvalue weighted by atomic mass is 35.5. The van der Waals surface area contributed by atoms with Gasteiger partial charge in [0.1, 0.15) is 5.82 Å². The van der Waals surface area contributed by atoms with Crippen LogP contribution in [0.3, 0.4) is 0 Å². The molecule has 2 rings (SSSR count). The number of ether oxygens (including phenoxy) is 1. The maximum absolute atomic E-state index is 13.6. The van der Waals surface area contributed by atoms with Crippen LogP contribution in [0.2, 0.25) is 5.02 Å². The van der Waals surface area contributed by atoms with E-state index in [-0.39, 0.29) is 17.6 Å². The van der Waals surface area contributed by atoms with Gasteiger partial charge in [-0.05, 0) is 24.6 Å². The summed E-state index contributed by atoms with van der Waals surface area (Å²) in [5.41, 5.74) is 0.0271. The van der Waals surface area contributed by atoms with E-state index < -0.39 is 5.82 Å². The van der Waals surface area contributed by atoms with E-state index >= 15 is 0 Å². The highest BCUT2D eigenvalue weighted by molar-refractivity contribution is 6.31. The third kappa shape index (κ3) is 2.82. The lowest BCUT2D eigenvalue weighted by Crippen LogP contribution is -2.45. The number of amides is 1. The van der Waals surface area contributed by atoms with Gasteiger partial charge in [-0.15, -0.1) is 0 Å². The van der Waals surface area contributed by atoms with Crippen molar-refractivity contribution in [2.45, 2.75) is 19.4 Å². The average Bonchev–Trinajstić information content (AvgIpc) is 2.41. The Balaban J connectivity index is 2.17. The number of morpholine rings is 1. The molecule has 0 radical (unpaired) electrons. The Hall–Kier alpha value is -1.13. The molecule has 1 saturated heterocycles. The van der Waals surface area contributed by atoms with E-state index in [2.05, 4.69) is 0 Å². The molecule has 0 aromatic heterocycles. The summed E-state index contributed by atoms with van der Waals surface area (Å²) in [5, 5.41) is 0.361. The van der Waals surface area contributed by atoms with Crippen molar-refractivity contribution in [1.29, 1.82) is 0 Å². The molecule has 1 amide bonds. The lowest BCUT2D eigenvalue weighted by molar-refractivity contribution is -0.0227. The molecule has 0 bridgehead atoms. The number of hydrogen-bond donors (Lipinski definition) is 0. The molecule has 0 saturated carbocycles. The topological polar surface area (TPSA) is 29.5 Å². The van der Waals surface area contributed by atoms with Crippen molar-refractivity contribution < 1.29 is 13.9 Å². The summed E-state index contributed by atoms with van der Waals surface area (Å²) >= 11 is 5.79. The summed E-state index contributed by atoms with van der Waals surface area (Å²) in [4.78, 5) is 13.8. The first-order valence-electron chi connectivity index (χ1n) is 5.97. The monoisotopic (exact) mass is 271 g/mol. The molecule has 18 heavy (non-hydrogen) atoms. The minimum atomic E-state index is -0.538. The molecule has 1 unspecified atom stereocenters. The molecule has 98 valence electrons. The molecule has 0 spiro atoms. The lowest BCUT2D eigenvalue weighted by Gasteiger charge is -2.32. The minimum absolute atomic E-state index is 0.0271. The molecular weight excluding hydrogens is 257 g/mol. The van der Waals surface area contributed by atoms with E-state index in [9.17, 15) is 9.18 Å². The smallest absolute Gasteiger partial charge is 0.257 e. The number of halogens is 2. The maximum Gasteiger partial charge on any atom is 0.257 e. The molecule has 1 fully saturated rings. The van der Waals surface area contributed by atoms with Crippen LogP contribution in [-0.4, -0.2) is 36.6 Å². The SMILES string of the molecule is CCC1CN(C(=O)c2cc(Cl)ccc2F)CCO1. The Morgan fingerprint density at radius 1 is 1.61 bits per heavy atom. The second-order valence-corrected chi connectivity index (χ2v) is 4.71. The first-order chi connectivity index (χ1) is 8.61. The minimum Gasteiger partial charge on any atom is -0.375 e. The van der Waals surface area contributed by atoms with Gasteiger partial charge >= 0.3 is 0 Å². The third-order valence-corrected chi connectivity index (χ3v) is 3.28. The summed E-state index contributed by atoms with van der Waals surface area (Å²) in [6, 6.07) is 4.02. The Morgan fingerprint density at radius 2 is 2.39 bits per heavy atom. The molecule has 5 heteroatoms. The summed E-state index contributed by atoms with van der Waals surface area (Å²) in [6.07, 6.45) is 0.867. The third-order valence-electron chi connectivity index (χ3n) is 3.04. The van der Waals surface area contributed by atoms with Crippen LogP contribution in [0.25, 0.3) is 0 Å². The Labute approximate surface area is 110 Å². The van der Waals surface area contributed by atoms with Crippen LogP contribution >= 0.6 is 11.6 Å².